The van der Waals surface area contributed by atoms with E-state index in [4.69, 9.17) is 11.6 Å². The van der Waals surface area contributed by atoms with E-state index >= 15 is 0 Å². The van der Waals surface area contributed by atoms with Crippen LogP contribution in [-0.2, 0) is 10.0 Å². The summed E-state index contributed by atoms with van der Waals surface area (Å²) in [4.78, 5) is 2.47. The summed E-state index contributed by atoms with van der Waals surface area (Å²) in [5, 5.41) is 4.68. The lowest BCUT2D eigenvalue weighted by molar-refractivity contribution is 0.584. The lowest BCUT2D eigenvalue weighted by Crippen LogP contribution is -2.21. The van der Waals surface area contributed by atoms with Crippen LogP contribution in [0, 0.1) is 6.92 Å². The van der Waals surface area contributed by atoms with Crippen molar-refractivity contribution in [2.75, 3.05) is 0 Å². The zero-order chi connectivity index (χ0) is 18.6. The largest absolute Gasteiger partial charge is 0.276 e. The van der Waals surface area contributed by atoms with Crippen LogP contribution >= 0.6 is 11.6 Å². The van der Waals surface area contributed by atoms with Gasteiger partial charge in [-0.15, -0.1) is 0 Å². The van der Waals surface area contributed by atoms with Gasteiger partial charge in [-0.3, -0.25) is 0 Å². The van der Waals surface area contributed by atoms with E-state index < -0.39 is 10.0 Å². The predicted octanol–water partition coefficient (Wildman–Crippen LogP) is 4.38. The molecule has 0 saturated heterocycles. The quantitative estimate of drug-likeness (QED) is 0.524. The molecule has 0 fully saturated rings. The highest BCUT2D eigenvalue weighted by Gasteiger charge is 2.15. The van der Waals surface area contributed by atoms with Crippen molar-refractivity contribution in [3.63, 3.8) is 0 Å². The first-order valence-corrected chi connectivity index (χ1v) is 9.80. The zero-order valence-corrected chi connectivity index (χ0v) is 15.6. The van der Waals surface area contributed by atoms with E-state index in [0.29, 0.717) is 16.3 Å². The molecule has 0 saturated carbocycles. The molecule has 4 nitrogen and oxygen atoms in total. The Balaban J connectivity index is 2.02. The van der Waals surface area contributed by atoms with Crippen molar-refractivity contribution in [1.29, 1.82) is 0 Å². The summed E-state index contributed by atoms with van der Waals surface area (Å²) in [6, 6.07) is 23.0. The number of hydrogen-bond donors (Lipinski definition) is 1. The van der Waals surface area contributed by atoms with Crippen LogP contribution in [0.1, 0.15) is 16.7 Å². The van der Waals surface area contributed by atoms with Gasteiger partial charge in [0.25, 0.3) is 10.0 Å². The van der Waals surface area contributed by atoms with E-state index in [1.165, 1.54) is 0 Å². The van der Waals surface area contributed by atoms with Crippen LogP contribution in [0.25, 0.3) is 0 Å². The van der Waals surface area contributed by atoms with Crippen LogP contribution in [0.4, 0.5) is 0 Å². The maximum atomic E-state index is 12.5. The molecule has 0 aliphatic carbocycles. The summed E-state index contributed by atoms with van der Waals surface area (Å²) in [5.41, 5.74) is 2.83. The van der Waals surface area contributed by atoms with E-state index in [9.17, 15) is 8.42 Å². The van der Waals surface area contributed by atoms with Crippen molar-refractivity contribution in [1.82, 2.24) is 4.83 Å². The molecule has 1 N–H and O–H groups in total. The maximum Gasteiger partial charge on any atom is 0.276 e. The van der Waals surface area contributed by atoms with Crippen LogP contribution in [0.3, 0.4) is 0 Å². The van der Waals surface area contributed by atoms with Crippen LogP contribution in [0.5, 0.6) is 0 Å². The molecule has 0 amide bonds. The van der Waals surface area contributed by atoms with Crippen molar-refractivity contribution in [3.05, 3.63) is 101 Å². The van der Waals surface area contributed by atoms with Gasteiger partial charge in [-0.2, -0.15) is 18.4 Å². The Morgan fingerprint density at radius 3 is 2.15 bits per heavy atom. The second-order valence-corrected chi connectivity index (χ2v) is 7.78. The van der Waals surface area contributed by atoms with Gasteiger partial charge in [0, 0.05) is 11.1 Å². The van der Waals surface area contributed by atoms with Gasteiger partial charge in [0.05, 0.1) is 9.92 Å². The minimum atomic E-state index is -3.78. The van der Waals surface area contributed by atoms with Crippen molar-refractivity contribution in [2.24, 2.45) is 5.10 Å². The fraction of sp³-hybridized carbons (Fsp3) is 0.0500. The highest BCUT2D eigenvalue weighted by Crippen LogP contribution is 2.20. The SMILES string of the molecule is Cc1ccc(S(=O)(=O)N/N=C(\c2ccccc2)c2ccccc2Cl)cc1. The summed E-state index contributed by atoms with van der Waals surface area (Å²) in [6.45, 7) is 1.90. The smallest absolute Gasteiger partial charge is 0.200 e. The molecule has 6 heteroatoms. The van der Waals surface area contributed by atoms with Gasteiger partial charge < -0.3 is 0 Å². The third-order valence-electron chi connectivity index (χ3n) is 3.79. The summed E-state index contributed by atoms with van der Waals surface area (Å²) < 4.78 is 25.1. The van der Waals surface area contributed by atoms with E-state index in [2.05, 4.69) is 9.93 Å². The zero-order valence-electron chi connectivity index (χ0n) is 14.1. The van der Waals surface area contributed by atoms with Gasteiger partial charge in [0.2, 0.25) is 0 Å². The third kappa shape index (κ3) is 4.12. The van der Waals surface area contributed by atoms with E-state index in [-0.39, 0.29) is 4.90 Å². The Morgan fingerprint density at radius 1 is 0.885 bits per heavy atom. The molecule has 0 atom stereocenters. The first-order chi connectivity index (χ1) is 12.5. The van der Waals surface area contributed by atoms with Crippen molar-refractivity contribution in [2.45, 2.75) is 11.8 Å². The fourth-order valence-electron chi connectivity index (χ4n) is 2.41. The molecule has 0 heterocycles. The van der Waals surface area contributed by atoms with Crippen molar-refractivity contribution in [3.8, 4) is 0 Å². The average Bonchev–Trinajstić information content (AvgIpc) is 2.64. The topological polar surface area (TPSA) is 58.5 Å². The predicted molar refractivity (Wildman–Crippen MR) is 105 cm³/mol. The first-order valence-electron chi connectivity index (χ1n) is 7.94. The second kappa shape index (κ2) is 7.72. The molecule has 0 unspecified atom stereocenters. The molecular weight excluding hydrogens is 368 g/mol. The van der Waals surface area contributed by atoms with Crippen molar-refractivity contribution < 1.29 is 8.42 Å². The summed E-state index contributed by atoms with van der Waals surface area (Å²) in [6.07, 6.45) is 0. The molecule has 3 aromatic carbocycles. The third-order valence-corrected chi connectivity index (χ3v) is 5.34. The molecule has 0 aromatic heterocycles. The lowest BCUT2D eigenvalue weighted by Gasteiger charge is -2.10. The highest BCUT2D eigenvalue weighted by atomic mass is 35.5. The monoisotopic (exact) mass is 384 g/mol. The fourth-order valence-corrected chi connectivity index (χ4v) is 3.44. The van der Waals surface area contributed by atoms with Gasteiger partial charge in [0.15, 0.2) is 0 Å². The number of aryl methyl sites for hydroxylation is 1. The molecule has 0 radical (unpaired) electrons. The minimum absolute atomic E-state index is 0.151. The molecule has 132 valence electrons. The number of sulfonamides is 1. The minimum Gasteiger partial charge on any atom is -0.200 e. The summed E-state index contributed by atoms with van der Waals surface area (Å²) >= 11 is 6.30. The number of nitrogens with one attached hydrogen (secondary N) is 1. The number of nitrogens with zero attached hydrogens (tertiary/aromatic N) is 1. The molecule has 0 spiro atoms. The number of hydrogen-bond acceptors (Lipinski definition) is 3. The summed E-state index contributed by atoms with van der Waals surface area (Å²) in [7, 11) is -3.78. The first kappa shape index (κ1) is 18.2. The van der Waals surface area contributed by atoms with E-state index in [1.54, 1.807) is 36.4 Å². The van der Waals surface area contributed by atoms with E-state index in [1.807, 2.05) is 49.4 Å². The molecule has 0 bridgehead atoms. The highest BCUT2D eigenvalue weighted by molar-refractivity contribution is 7.89. The molecule has 3 rings (SSSR count). The van der Waals surface area contributed by atoms with Crippen LogP contribution < -0.4 is 4.83 Å². The second-order valence-electron chi connectivity index (χ2n) is 5.71. The van der Waals surface area contributed by atoms with Gasteiger partial charge in [-0.05, 0) is 25.1 Å². The molecule has 0 aliphatic heterocycles. The summed E-state index contributed by atoms with van der Waals surface area (Å²) in [5.74, 6) is 0. The Labute approximate surface area is 158 Å². The van der Waals surface area contributed by atoms with E-state index in [0.717, 1.165) is 11.1 Å². The van der Waals surface area contributed by atoms with Crippen molar-refractivity contribution >= 4 is 27.3 Å². The van der Waals surface area contributed by atoms with Crippen LogP contribution in [0.2, 0.25) is 5.02 Å². The average molecular weight is 385 g/mol. The number of halogens is 1. The Hall–Kier alpha value is -2.63. The normalized spacial score (nSPS) is 12.0. The Morgan fingerprint density at radius 2 is 1.50 bits per heavy atom. The standard InChI is InChI=1S/C20H17ClN2O2S/c1-15-11-13-17(14-12-15)26(24,25)23-22-20(16-7-3-2-4-8-16)18-9-5-6-10-19(18)21/h2-14,23H,1H3/b22-20+. The Kier molecular flexibility index (Phi) is 5.40. The molecule has 3 aromatic rings. The number of rotatable bonds is 5. The maximum absolute atomic E-state index is 12.5. The van der Waals surface area contributed by atoms with Gasteiger partial charge in [0.1, 0.15) is 5.71 Å². The van der Waals surface area contributed by atoms with Gasteiger partial charge in [-0.1, -0.05) is 77.8 Å². The van der Waals surface area contributed by atoms with Crippen LogP contribution in [-0.4, -0.2) is 14.1 Å². The van der Waals surface area contributed by atoms with Gasteiger partial charge in [-0.25, -0.2) is 0 Å². The van der Waals surface area contributed by atoms with Crippen LogP contribution in [0.15, 0.2) is 88.9 Å². The molecule has 26 heavy (non-hydrogen) atoms. The number of benzene rings is 3. The lowest BCUT2D eigenvalue weighted by atomic mass is 10.0. The van der Waals surface area contributed by atoms with Gasteiger partial charge >= 0.3 is 0 Å². The molecular formula is C20H17ClN2O2S. The molecule has 0 aliphatic rings. The Bertz CT molecular complexity index is 1030. The number of hydrazone groups is 1.